The molecule has 6 heteroatoms. The van der Waals surface area contributed by atoms with E-state index >= 15 is 0 Å². The summed E-state index contributed by atoms with van der Waals surface area (Å²) in [5.41, 5.74) is 0.758. The maximum atomic E-state index is 12.9. The van der Waals surface area contributed by atoms with Crippen LogP contribution in [0.2, 0.25) is 0 Å². The molecule has 4 nitrogen and oxygen atoms in total. The van der Waals surface area contributed by atoms with E-state index in [1.807, 2.05) is 0 Å². The van der Waals surface area contributed by atoms with Crippen molar-refractivity contribution >= 4 is 10.0 Å². The van der Waals surface area contributed by atoms with Gasteiger partial charge in [-0.1, -0.05) is 12.1 Å². The lowest BCUT2D eigenvalue weighted by Gasteiger charge is -2.34. The molecule has 100 valence electrons. The second kappa shape index (κ2) is 5.34. The first-order valence-electron chi connectivity index (χ1n) is 5.87. The van der Waals surface area contributed by atoms with Crippen LogP contribution < -0.4 is 0 Å². The van der Waals surface area contributed by atoms with Gasteiger partial charge in [0.15, 0.2) is 0 Å². The molecular weight excluding hydrogens is 257 g/mol. The molecule has 1 atom stereocenters. The second-order valence-electron chi connectivity index (χ2n) is 4.15. The standard InChI is InChI=1S/C12H16FNO3S/c1-2-18(15,16)14-7-8-17-9-12(14)10-3-5-11(13)6-4-10/h3-6,12H,2,7-9H2,1H3. The highest BCUT2D eigenvalue weighted by Gasteiger charge is 2.32. The Hall–Kier alpha value is -0.980. The van der Waals surface area contributed by atoms with E-state index in [-0.39, 0.29) is 17.6 Å². The fourth-order valence-electron chi connectivity index (χ4n) is 2.03. The second-order valence-corrected chi connectivity index (χ2v) is 6.36. The summed E-state index contributed by atoms with van der Waals surface area (Å²) in [6.07, 6.45) is 0. The van der Waals surface area contributed by atoms with Gasteiger partial charge in [-0.3, -0.25) is 0 Å². The molecule has 1 aromatic rings. The van der Waals surface area contributed by atoms with E-state index in [1.165, 1.54) is 16.4 Å². The zero-order valence-corrected chi connectivity index (χ0v) is 11.0. The van der Waals surface area contributed by atoms with Gasteiger partial charge in [0.05, 0.1) is 25.0 Å². The van der Waals surface area contributed by atoms with Crippen molar-refractivity contribution in [2.45, 2.75) is 13.0 Å². The van der Waals surface area contributed by atoms with Gasteiger partial charge in [-0.15, -0.1) is 0 Å². The number of morpholine rings is 1. The lowest BCUT2D eigenvalue weighted by molar-refractivity contribution is 0.0321. The molecule has 0 saturated carbocycles. The van der Waals surface area contributed by atoms with Gasteiger partial charge in [0.2, 0.25) is 10.0 Å². The Morgan fingerprint density at radius 3 is 2.67 bits per heavy atom. The lowest BCUT2D eigenvalue weighted by atomic mass is 10.1. The number of sulfonamides is 1. The molecule has 18 heavy (non-hydrogen) atoms. The summed E-state index contributed by atoms with van der Waals surface area (Å²) in [7, 11) is -3.27. The third-order valence-corrected chi connectivity index (χ3v) is 4.94. The predicted octanol–water partition coefficient (Wildman–Crippen LogP) is 1.55. The molecule has 1 heterocycles. The minimum absolute atomic E-state index is 0.0602. The van der Waals surface area contributed by atoms with Crippen molar-refractivity contribution in [1.82, 2.24) is 4.31 Å². The molecule has 0 aliphatic carbocycles. The van der Waals surface area contributed by atoms with Crippen LogP contribution in [0, 0.1) is 5.82 Å². The monoisotopic (exact) mass is 273 g/mol. The molecule has 0 N–H and O–H groups in total. The van der Waals surface area contributed by atoms with Crippen LogP contribution >= 0.6 is 0 Å². The summed E-state index contributed by atoms with van der Waals surface area (Å²) >= 11 is 0. The topological polar surface area (TPSA) is 46.6 Å². The maximum absolute atomic E-state index is 12.9. The fraction of sp³-hybridized carbons (Fsp3) is 0.500. The molecule has 2 rings (SSSR count). The molecule has 1 unspecified atom stereocenters. The molecule has 1 saturated heterocycles. The minimum atomic E-state index is -3.27. The largest absolute Gasteiger partial charge is 0.378 e. The quantitative estimate of drug-likeness (QED) is 0.839. The van der Waals surface area contributed by atoms with Crippen molar-refractivity contribution in [2.75, 3.05) is 25.5 Å². The Bertz CT molecular complexity index is 501. The Balaban J connectivity index is 2.31. The van der Waals surface area contributed by atoms with Crippen LogP contribution in [-0.2, 0) is 14.8 Å². The minimum Gasteiger partial charge on any atom is -0.378 e. The number of hydrogen-bond donors (Lipinski definition) is 0. The summed E-state index contributed by atoms with van der Waals surface area (Å²) in [5.74, 6) is -0.273. The van der Waals surface area contributed by atoms with Gasteiger partial charge in [0.25, 0.3) is 0 Å². The van der Waals surface area contributed by atoms with Gasteiger partial charge in [-0.2, -0.15) is 4.31 Å². The van der Waals surface area contributed by atoms with Crippen LogP contribution in [0.1, 0.15) is 18.5 Å². The van der Waals surface area contributed by atoms with Gasteiger partial charge in [-0.25, -0.2) is 12.8 Å². The Morgan fingerprint density at radius 1 is 1.39 bits per heavy atom. The summed E-state index contributed by atoms with van der Waals surface area (Å²) < 4.78 is 43.7. The molecule has 0 spiro atoms. The highest BCUT2D eigenvalue weighted by Crippen LogP contribution is 2.27. The van der Waals surface area contributed by atoms with Crippen molar-refractivity contribution in [3.63, 3.8) is 0 Å². The van der Waals surface area contributed by atoms with Crippen LogP contribution in [0.4, 0.5) is 4.39 Å². The SMILES string of the molecule is CCS(=O)(=O)N1CCOCC1c1ccc(F)cc1. The lowest BCUT2D eigenvalue weighted by Crippen LogP contribution is -2.44. The molecule has 1 aromatic carbocycles. The third-order valence-electron chi connectivity index (χ3n) is 3.06. The van der Waals surface area contributed by atoms with Crippen molar-refractivity contribution in [2.24, 2.45) is 0 Å². The fourth-order valence-corrected chi connectivity index (χ4v) is 3.29. The summed E-state index contributed by atoms with van der Waals surface area (Å²) in [6, 6.07) is 5.52. The highest BCUT2D eigenvalue weighted by atomic mass is 32.2. The van der Waals surface area contributed by atoms with E-state index in [0.29, 0.717) is 19.8 Å². The van der Waals surface area contributed by atoms with Crippen molar-refractivity contribution in [3.8, 4) is 0 Å². The Kier molecular flexibility index (Phi) is 3.99. The van der Waals surface area contributed by atoms with Crippen LogP contribution in [0.5, 0.6) is 0 Å². The van der Waals surface area contributed by atoms with E-state index in [0.717, 1.165) is 5.56 Å². The first-order valence-corrected chi connectivity index (χ1v) is 7.48. The van der Waals surface area contributed by atoms with E-state index in [4.69, 9.17) is 4.74 Å². The number of ether oxygens (including phenoxy) is 1. The van der Waals surface area contributed by atoms with Gasteiger partial charge in [-0.05, 0) is 24.6 Å². The molecule has 1 fully saturated rings. The molecule has 0 radical (unpaired) electrons. The van der Waals surface area contributed by atoms with Gasteiger partial charge < -0.3 is 4.74 Å². The van der Waals surface area contributed by atoms with Crippen molar-refractivity contribution in [1.29, 1.82) is 0 Å². The zero-order valence-electron chi connectivity index (χ0n) is 10.2. The number of nitrogens with zero attached hydrogens (tertiary/aromatic N) is 1. The molecule has 0 amide bonds. The molecule has 0 bridgehead atoms. The molecule has 1 aliphatic rings. The molecule has 0 aromatic heterocycles. The summed E-state index contributed by atoms with van der Waals surface area (Å²) in [5, 5.41) is 0. The Morgan fingerprint density at radius 2 is 2.06 bits per heavy atom. The first kappa shape index (κ1) is 13.5. The van der Waals surface area contributed by atoms with Crippen molar-refractivity contribution in [3.05, 3.63) is 35.6 Å². The van der Waals surface area contributed by atoms with Crippen LogP contribution in [-0.4, -0.2) is 38.2 Å². The predicted molar refractivity (Wildman–Crippen MR) is 66.1 cm³/mol. The highest BCUT2D eigenvalue weighted by molar-refractivity contribution is 7.89. The van der Waals surface area contributed by atoms with E-state index in [1.54, 1.807) is 19.1 Å². The maximum Gasteiger partial charge on any atom is 0.214 e. The average Bonchev–Trinajstić information content (AvgIpc) is 2.40. The molecular formula is C12H16FNO3S. The first-order chi connectivity index (χ1) is 8.54. The Labute approximate surface area is 106 Å². The van der Waals surface area contributed by atoms with Gasteiger partial charge >= 0.3 is 0 Å². The van der Waals surface area contributed by atoms with Crippen LogP contribution in [0.15, 0.2) is 24.3 Å². The summed E-state index contributed by atoms with van der Waals surface area (Å²) in [4.78, 5) is 0. The van der Waals surface area contributed by atoms with E-state index in [9.17, 15) is 12.8 Å². The van der Waals surface area contributed by atoms with Crippen molar-refractivity contribution < 1.29 is 17.5 Å². The summed E-state index contributed by atoms with van der Waals surface area (Å²) in [6.45, 7) is 2.67. The number of benzene rings is 1. The average molecular weight is 273 g/mol. The number of rotatable bonds is 3. The normalized spacial score (nSPS) is 22.0. The zero-order chi connectivity index (χ0) is 13.2. The smallest absolute Gasteiger partial charge is 0.214 e. The van der Waals surface area contributed by atoms with E-state index in [2.05, 4.69) is 0 Å². The van der Waals surface area contributed by atoms with Gasteiger partial charge in [0, 0.05) is 6.54 Å². The van der Waals surface area contributed by atoms with Crippen LogP contribution in [0.3, 0.4) is 0 Å². The van der Waals surface area contributed by atoms with Gasteiger partial charge in [0.1, 0.15) is 5.82 Å². The third kappa shape index (κ3) is 2.71. The molecule has 1 aliphatic heterocycles. The van der Waals surface area contributed by atoms with Crippen LogP contribution in [0.25, 0.3) is 0 Å². The number of hydrogen-bond acceptors (Lipinski definition) is 3. The number of halogens is 1. The van der Waals surface area contributed by atoms with E-state index < -0.39 is 10.0 Å².